The Morgan fingerprint density at radius 3 is 2.45 bits per heavy atom. The van der Waals surface area contributed by atoms with Crippen LogP contribution in [0.1, 0.15) is 11.4 Å². The van der Waals surface area contributed by atoms with Gasteiger partial charge in [0.25, 0.3) is 0 Å². The molecule has 0 atom stereocenters. The summed E-state index contributed by atoms with van der Waals surface area (Å²) in [7, 11) is 1.63. The molecule has 3 heterocycles. The fourth-order valence-corrected chi connectivity index (χ4v) is 4.76. The highest BCUT2D eigenvalue weighted by Crippen LogP contribution is 2.30. The van der Waals surface area contributed by atoms with E-state index >= 15 is 0 Å². The Kier molecular flexibility index (Phi) is 8.85. The molecule has 1 aliphatic rings. The first-order valence-electron chi connectivity index (χ1n) is 14.2. The fraction of sp³-hybridized carbons (Fsp3) is 0.212. The molecule has 1 saturated heterocycles. The molecule has 3 N–H and O–H groups in total. The summed E-state index contributed by atoms with van der Waals surface area (Å²) < 4.78 is 30.8. The maximum Gasteiger partial charge on any atom is 0.232 e. The fourth-order valence-electron chi connectivity index (χ4n) is 4.76. The van der Waals surface area contributed by atoms with Gasteiger partial charge in [-0.05, 0) is 60.2 Å². The molecule has 0 spiro atoms. The molecule has 11 heteroatoms. The average Bonchev–Trinajstić information content (AvgIpc) is 3.49. The zero-order valence-corrected chi connectivity index (χ0v) is 24.0. The molecule has 0 radical (unpaired) electrons. The summed E-state index contributed by atoms with van der Waals surface area (Å²) in [6, 6.07) is 24.9. The van der Waals surface area contributed by atoms with Crippen LogP contribution >= 0.6 is 0 Å². The zero-order chi connectivity index (χ0) is 30.3. The van der Waals surface area contributed by atoms with Gasteiger partial charge in [0.15, 0.2) is 6.29 Å². The van der Waals surface area contributed by atoms with Crippen LogP contribution in [-0.2, 0) is 27.2 Å². The number of imidazole rings is 1. The highest BCUT2D eigenvalue weighted by molar-refractivity contribution is 5.92. The summed E-state index contributed by atoms with van der Waals surface area (Å²) >= 11 is 0. The lowest BCUT2D eigenvalue weighted by atomic mass is 10.1. The summed E-state index contributed by atoms with van der Waals surface area (Å²) in [6.45, 7) is 0.959. The number of carbonyl (C=O) groups excluding carboxylic acids is 1. The minimum absolute atomic E-state index is 0.159. The van der Waals surface area contributed by atoms with Gasteiger partial charge < -0.3 is 29.8 Å². The van der Waals surface area contributed by atoms with Crippen LogP contribution in [0.25, 0.3) is 22.6 Å². The molecule has 10 nitrogen and oxygen atoms in total. The third kappa shape index (κ3) is 7.08. The van der Waals surface area contributed by atoms with E-state index in [1.807, 2.05) is 54.6 Å². The van der Waals surface area contributed by atoms with Crippen molar-refractivity contribution in [3.63, 3.8) is 0 Å². The Morgan fingerprint density at radius 1 is 0.977 bits per heavy atom. The molecule has 5 aromatic rings. The molecular formula is C33H31FN6O4. The number of aromatic nitrogens is 4. The molecule has 1 amide bonds. The second-order valence-electron chi connectivity index (χ2n) is 10.2. The van der Waals surface area contributed by atoms with Crippen LogP contribution in [-0.4, -0.2) is 52.5 Å². The van der Waals surface area contributed by atoms with Crippen LogP contribution in [0.2, 0.25) is 0 Å². The molecular weight excluding hydrogens is 563 g/mol. The number of anilines is 2. The Labute approximate surface area is 253 Å². The summed E-state index contributed by atoms with van der Waals surface area (Å²) in [5.74, 6) is 0.897. The van der Waals surface area contributed by atoms with Gasteiger partial charge in [-0.25, -0.2) is 19.3 Å². The predicted octanol–water partition coefficient (Wildman–Crippen LogP) is 5.46. The monoisotopic (exact) mass is 594 g/mol. The van der Waals surface area contributed by atoms with Gasteiger partial charge in [-0.15, -0.1) is 0 Å². The SMILES string of the molecule is COc1ccc(CNc2nccc(-c3[nH]c(CC4OCC(C(=O)Nc5ccccc5)CO4)nc3-c3ccc(F)cc3)n2)cc1. The number of hydrogen-bond donors (Lipinski definition) is 3. The van der Waals surface area contributed by atoms with E-state index in [0.717, 1.165) is 22.6 Å². The van der Waals surface area contributed by atoms with Crippen molar-refractivity contribution in [3.8, 4) is 28.4 Å². The van der Waals surface area contributed by atoms with Crippen molar-refractivity contribution in [1.29, 1.82) is 0 Å². The Hall–Kier alpha value is -5.13. The van der Waals surface area contributed by atoms with Crippen molar-refractivity contribution < 1.29 is 23.4 Å². The topological polar surface area (TPSA) is 123 Å². The standard InChI is InChI=1S/C33H31FN6O4/c1-42-26-13-7-21(8-14-26)18-36-33-35-16-15-27(38-33)31-30(22-9-11-24(34)12-10-22)39-28(40-31)17-29-43-19-23(20-44-29)32(41)37-25-5-3-2-4-6-25/h2-16,23,29H,17-20H2,1H3,(H,37,41)(H,39,40)(H,35,36,38). The molecule has 1 fully saturated rings. The van der Waals surface area contributed by atoms with E-state index in [1.54, 1.807) is 31.5 Å². The second kappa shape index (κ2) is 13.4. The van der Waals surface area contributed by atoms with Crippen LogP contribution in [0.15, 0.2) is 91.1 Å². The number of nitrogens with zero attached hydrogens (tertiary/aromatic N) is 3. The van der Waals surface area contributed by atoms with Gasteiger partial charge in [0, 0.05) is 24.0 Å². The number of benzene rings is 3. The minimum atomic E-state index is -0.594. The lowest BCUT2D eigenvalue weighted by Gasteiger charge is -2.28. The van der Waals surface area contributed by atoms with E-state index in [2.05, 4.69) is 20.6 Å². The first-order valence-corrected chi connectivity index (χ1v) is 14.2. The van der Waals surface area contributed by atoms with Gasteiger partial charge >= 0.3 is 0 Å². The zero-order valence-electron chi connectivity index (χ0n) is 24.0. The lowest BCUT2D eigenvalue weighted by molar-refractivity contribution is -0.199. The van der Waals surface area contributed by atoms with E-state index in [-0.39, 0.29) is 24.9 Å². The molecule has 44 heavy (non-hydrogen) atoms. The molecule has 0 saturated carbocycles. The molecule has 224 valence electrons. The van der Waals surface area contributed by atoms with Gasteiger partial charge in [-0.3, -0.25) is 4.79 Å². The van der Waals surface area contributed by atoms with Crippen molar-refractivity contribution in [2.24, 2.45) is 5.92 Å². The number of rotatable bonds is 10. The first kappa shape index (κ1) is 29.0. The van der Waals surface area contributed by atoms with Crippen molar-refractivity contribution >= 4 is 17.5 Å². The van der Waals surface area contributed by atoms with E-state index in [1.165, 1.54) is 12.1 Å². The van der Waals surface area contributed by atoms with Crippen LogP contribution < -0.4 is 15.4 Å². The lowest BCUT2D eigenvalue weighted by Crippen LogP contribution is -2.39. The van der Waals surface area contributed by atoms with Gasteiger partial charge in [0.1, 0.15) is 17.4 Å². The quantitative estimate of drug-likeness (QED) is 0.195. The highest BCUT2D eigenvalue weighted by atomic mass is 19.1. The predicted molar refractivity (Wildman–Crippen MR) is 163 cm³/mol. The number of methoxy groups -OCH3 is 1. The number of aromatic amines is 1. The Bertz CT molecular complexity index is 1690. The number of nitrogens with one attached hydrogen (secondary N) is 3. The summed E-state index contributed by atoms with van der Waals surface area (Å²) in [5, 5.41) is 6.14. The van der Waals surface area contributed by atoms with Gasteiger partial charge in [0.05, 0.1) is 49.7 Å². The number of H-pyrrole nitrogens is 1. The number of halogens is 1. The summed E-state index contributed by atoms with van der Waals surface area (Å²) in [6.07, 6.45) is 1.39. The normalized spacial score (nSPS) is 16.3. The largest absolute Gasteiger partial charge is 0.497 e. The smallest absolute Gasteiger partial charge is 0.232 e. The van der Waals surface area contributed by atoms with Crippen molar-refractivity contribution in [2.75, 3.05) is 31.0 Å². The molecule has 2 aromatic heterocycles. The van der Waals surface area contributed by atoms with E-state index in [4.69, 9.17) is 24.2 Å². The van der Waals surface area contributed by atoms with Gasteiger partial charge in [-0.2, -0.15) is 0 Å². The minimum Gasteiger partial charge on any atom is -0.497 e. The van der Waals surface area contributed by atoms with Crippen LogP contribution in [0.4, 0.5) is 16.0 Å². The second-order valence-corrected chi connectivity index (χ2v) is 10.2. The average molecular weight is 595 g/mol. The van der Waals surface area contributed by atoms with Crippen molar-refractivity contribution in [3.05, 3.63) is 108 Å². The molecule has 3 aromatic carbocycles. The van der Waals surface area contributed by atoms with Gasteiger partial charge in [0.2, 0.25) is 11.9 Å². The molecule has 0 unspecified atom stereocenters. The van der Waals surface area contributed by atoms with Crippen molar-refractivity contribution in [1.82, 2.24) is 19.9 Å². The summed E-state index contributed by atoms with van der Waals surface area (Å²) in [4.78, 5) is 29.9. The third-order valence-corrected chi connectivity index (χ3v) is 7.13. The number of amides is 1. The van der Waals surface area contributed by atoms with E-state index in [9.17, 15) is 9.18 Å². The Morgan fingerprint density at radius 2 is 1.73 bits per heavy atom. The third-order valence-electron chi connectivity index (χ3n) is 7.13. The van der Waals surface area contributed by atoms with Gasteiger partial charge in [-0.1, -0.05) is 30.3 Å². The molecule has 0 aliphatic carbocycles. The number of para-hydroxylation sites is 1. The molecule has 1 aliphatic heterocycles. The molecule has 0 bridgehead atoms. The molecule has 6 rings (SSSR count). The van der Waals surface area contributed by atoms with E-state index in [0.29, 0.717) is 41.8 Å². The Balaban J connectivity index is 1.16. The van der Waals surface area contributed by atoms with E-state index < -0.39 is 12.2 Å². The maximum atomic E-state index is 13.7. The van der Waals surface area contributed by atoms with Crippen LogP contribution in [0.3, 0.4) is 0 Å². The number of hydrogen-bond acceptors (Lipinski definition) is 8. The summed E-state index contributed by atoms with van der Waals surface area (Å²) in [5.41, 5.74) is 4.35. The number of ether oxygens (including phenoxy) is 3. The number of carbonyl (C=O) groups is 1. The van der Waals surface area contributed by atoms with Crippen LogP contribution in [0.5, 0.6) is 5.75 Å². The first-order chi connectivity index (χ1) is 21.5. The van der Waals surface area contributed by atoms with Crippen molar-refractivity contribution in [2.45, 2.75) is 19.3 Å². The van der Waals surface area contributed by atoms with Crippen LogP contribution in [0, 0.1) is 11.7 Å². The maximum absolute atomic E-state index is 13.7. The highest BCUT2D eigenvalue weighted by Gasteiger charge is 2.29.